The Balaban J connectivity index is 2.53. The number of benzene rings is 2. The highest BCUT2D eigenvalue weighted by Gasteiger charge is 2.34. The van der Waals surface area contributed by atoms with Crippen LogP contribution in [0.1, 0.15) is 36.1 Å². The van der Waals surface area contributed by atoms with E-state index in [9.17, 15) is 13.5 Å². The van der Waals surface area contributed by atoms with Gasteiger partial charge >= 0.3 is 0 Å². The fourth-order valence-corrected chi connectivity index (χ4v) is 5.67. The van der Waals surface area contributed by atoms with E-state index >= 15 is 0 Å². The van der Waals surface area contributed by atoms with E-state index in [0.717, 1.165) is 11.1 Å². The van der Waals surface area contributed by atoms with E-state index in [1.807, 2.05) is 51.1 Å². The van der Waals surface area contributed by atoms with Gasteiger partial charge in [0.05, 0.1) is 24.0 Å². The minimum absolute atomic E-state index is 0.115. The summed E-state index contributed by atoms with van der Waals surface area (Å²) in [5.41, 5.74) is 2.92. The van der Waals surface area contributed by atoms with E-state index in [0.29, 0.717) is 23.3 Å². The first-order valence-corrected chi connectivity index (χ1v) is 11.9. The number of rotatable bonds is 9. The number of hydrogen-bond acceptors (Lipinski definition) is 4. The molecule has 0 aromatic heterocycles. The largest absolute Gasteiger partial charge is 0.496 e. The molecule has 2 aromatic carbocycles. The van der Waals surface area contributed by atoms with E-state index in [2.05, 4.69) is 10.6 Å². The standard InChI is InChI=1S/C25H33NO4S/c1-8-21(24(27)16(2)3)22(15-20-12-10-9-11-13-20)26-31(28,29)25-17(4)14-23(30-7)18(5)19(25)6/h1,9-14,16,21-22,24,26-27H,15H2,2-7H3/t21-,22+,24-/m1/s1. The van der Waals surface area contributed by atoms with E-state index in [1.165, 1.54) is 0 Å². The minimum atomic E-state index is -3.91. The lowest BCUT2D eigenvalue weighted by Gasteiger charge is -2.30. The highest BCUT2D eigenvalue weighted by molar-refractivity contribution is 7.89. The molecular weight excluding hydrogens is 410 g/mol. The molecule has 0 radical (unpaired) electrons. The van der Waals surface area contributed by atoms with Crippen molar-refractivity contribution in [2.45, 2.75) is 58.1 Å². The number of aliphatic hydroxyl groups is 1. The third kappa shape index (κ3) is 5.68. The van der Waals surface area contributed by atoms with Crippen LogP contribution in [-0.2, 0) is 16.4 Å². The highest BCUT2D eigenvalue weighted by Crippen LogP contribution is 2.31. The normalized spacial score (nSPS) is 14.7. The number of methoxy groups -OCH3 is 1. The lowest BCUT2D eigenvalue weighted by atomic mass is 9.85. The molecule has 5 nitrogen and oxygen atoms in total. The van der Waals surface area contributed by atoms with Crippen LogP contribution in [0.15, 0.2) is 41.3 Å². The summed E-state index contributed by atoms with van der Waals surface area (Å²) < 4.78 is 35.3. The van der Waals surface area contributed by atoms with Crippen LogP contribution in [0.2, 0.25) is 0 Å². The van der Waals surface area contributed by atoms with Crippen LogP contribution in [0.5, 0.6) is 5.75 Å². The third-order valence-electron chi connectivity index (χ3n) is 5.75. The van der Waals surface area contributed by atoms with Crippen LogP contribution >= 0.6 is 0 Å². The molecule has 0 aliphatic heterocycles. The first-order chi connectivity index (χ1) is 14.5. The molecular formula is C25H33NO4S. The molecule has 168 valence electrons. The van der Waals surface area contributed by atoms with Crippen molar-refractivity contribution in [2.75, 3.05) is 7.11 Å². The molecule has 0 aliphatic rings. The maximum absolute atomic E-state index is 13.5. The van der Waals surface area contributed by atoms with Gasteiger partial charge in [0.2, 0.25) is 10.0 Å². The summed E-state index contributed by atoms with van der Waals surface area (Å²) in [6.07, 6.45) is 5.30. The van der Waals surface area contributed by atoms with Crippen molar-refractivity contribution in [1.29, 1.82) is 0 Å². The number of sulfonamides is 1. The van der Waals surface area contributed by atoms with Gasteiger partial charge in [-0.15, -0.1) is 6.42 Å². The summed E-state index contributed by atoms with van der Waals surface area (Å²) in [7, 11) is -2.35. The Bertz CT molecular complexity index is 1040. The van der Waals surface area contributed by atoms with Gasteiger partial charge < -0.3 is 9.84 Å². The minimum Gasteiger partial charge on any atom is -0.496 e. The fraction of sp³-hybridized carbons (Fsp3) is 0.440. The Labute approximate surface area is 186 Å². The van der Waals surface area contributed by atoms with Crippen LogP contribution in [0.25, 0.3) is 0 Å². The Morgan fingerprint density at radius 2 is 1.74 bits per heavy atom. The zero-order valence-electron chi connectivity index (χ0n) is 19.1. The second-order valence-electron chi connectivity index (χ2n) is 8.32. The first kappa shape index (κ1) is 24.9. The van der Waals surface area contributed by atoms with E-state index in [-0.39, 0.29) is 10.8 Å². The van der Waals surface area contributed by atoms with Crippen molar-refractivity contribution < 1.29 is 18.3 Å². The number of nitrogens with one attached hydrogen (secondary N) is 1. The van der Waals surface area contributed by atoms with Gasteiger partial charge in [-0.05, 0) is 61.4 Å². The SMILES string of the molecule is C#C[C@H]([C@H](Cc1ccccc1)NS(=O)(=O)c1c(C)cc(OC)c(C)c1C)[C@H](O)C(C)C. The Hall–Kier alpha value is -2.33. The van der Waals surface area contributed by atoms with Crippen molar-refractivity contribution in [2.24, 2.45) is 11.8 Å². The molecule has 2 N–H and O–H groups in total. The summed E-state index contributed by atoms with van der Waals surface area (Å²) in [5, 5.41) is 10.7. The quantitative estimate of drug-likeness (QED) is 0.579. The van der Waals surface area contributed by atoms with Gasteiger partial charge in [0, 0.05) is 6.04 Å². The molecule has 0 bridgehead atoms. The van der Waals surface area contributed by atoms with Crippen LogP contribution in [0.4, 0.5) is 0 Å². The molecule has 0 aliphatic carbocycles. The summed E-state index contributed by atoms with van der Waals surface area (Å²) >= 11 is 0. The number of hydrogen-bond donors (Lipinski definition) is 2. The number of aryl methyl sites for hydroxylation is 1. The van der Waals surface area contributed by atoms with Crippen LogP contribution in [0.3, 0.4) is 0 Å². The Morgan fingerprint density at radius 3 is 2.26 bits per heavy atom. The molecule has 0 unspecified atom stereocenters. The van der Waals surface area contributed by atoms with Gasteiger partial charge in [0.25, 0.3) is 0 Å². The van der Waals surface area contributed by atoms with Gasteiger partial charge in [-0.1, -0.05) is 50.1 Å². The maximum Gasteiger partial charge on any atom is 0.241 e. The van der Waals surface area contributed by atoms with Gasteiger partial charge in [0.1, 0.15) is 5.75 Å². The van der Waals surface area contributed by atoms with Crippen molar-refractivity contribution in [1.82, 2.24) is 4.72 Å². The zero-order valence-corrected chi connectivity index (χ0v) is 20.0. The van der Waals surface area contributed by atoms with Crippen molar-refractivity contribution in [3.63, 3.8) is 0 Å². The van der Waals surface area contributed by atoms with Crippen LogP contribution in [-0.4, -0.2) is 32.8 Å². The molecule has 0 saturated heterocycles. The maximum atomic E-state index is 13.5. The second-order valence-corrected chi connectivity index (χ2v) is 9.97. The predicted molar refractivity (Wildman–Crippen MR) is 125 cm³/mol. The van der Waals surface area contributed by atoms with Crippen LogP contribution in [0, 0.1) is 45.0 Å². The smallest absolute Gasteiger partial charge is 0.241 e. The summed E-state index contributed by atoms with van der Waals surface area (Å²) in [4.78, 5) is 0.221. The van der Waals surface area contributed by atoms with E-state index in [1.54, 1.807) is 27.0 Å². The summed E-state index contributed by atoms with van der Waals surface area (Å²) in [6.45, 7) is 9.08. The third-order valence-corrected chi connectivity index (χ3v) is 7.53. The average molecular weight is 444 g/mol. The topological polar surface area (TPSA) is 75.6 Å². The molecule has 2 aromatic rings. The average Bonchev–Trinajstić information content (AvgIpc) is 2.71. The van der Waals surface area contributed by atoms with Gasteiger partial charge in [-0.3, -0.25) is 0 Å². The summed E-state index contributed by atoms with van der Waals surface area (Å²) in [6, 6.07) is 10.6. The molecule has 3 atom stereocenters. The number of terminal acetylenes is 1. The monoisotopic (exact) mass is 443 g/mol. The highest BCUT2D eigenvalue weighted by atomic mass is 32.2. The fourth-order valence-electron chi connectivity index (χ4n) is 3.88. The van der Waals surface area contributed by atoms with E-state index < -0.39 is 28.1 Å². The molecule has 31 heavy (non-hydrogen) atoms. The Morgan fingerprint density at radius 1 is 1.13 bits per heavy atom. The lowest BCUT2D eigenvalue weighted by molar-refractivity contribution is 0.0748. The molecule has 6 heteroatoms. The number of aliphatic hydroxyl groups excluding tert-OH is 1. The van der Waals surface area contributed by atoms with Crippen molar-refractivity contribution in [3.8, 4) is 18.1 Å². The van der Waals surface area contributed by atoms with Crippen LogP contribution < -0.4 is 9.46 Å². The molecule has 0 saturated carbocycles. The van der Waals surface area contributed by atoms with Crippen molar-refractivity contribution >= 4 is 10.0 Å². The molecule has 0 spiro atoms. The van der Waals surface area contributed by atoms with Crippen molar-refractivity contribution in [3.05, 3.63) is 58.7 Å². The summed E-state index contributed by atoms with van der Waals surface area (Å²) in [5.74, 6) is 2.48. The van der Waals surface area contributed by atoms with Gasteiger partial charge in [-0.25, -0.2) is 13.1 Å². The molecule has 0 heterocycles. The predicted octanol–water partition coefficient (Wildman–Crippen LogP) is 3.78. The molecule has 0 fully saturated rings. The zero-order chi connectivity index (χ0) is 23.3. The Kier molecular flexibility index (Phi) is 8.30. The lowest BCUT2D eigenvalue weighted by Crippen LogP contribution is -2.47. The first-order valence-electron chi connectivity index (χ1n) is 10.4. The second kappa shape index (κ2) is 10.3. The molecule has 0 amide bonds. The van der Waals surface area contributed by atoms with E-state index in [4.69, 9.17) is 11.2 Å². The van der Waals surface area contributed by atoms with Gasteiger partial charge in [-0.2, -0.15) is 0 Å². The molecule has 2 rings (SSSR count). The number of ether oxygens (including phenoxy) is 1. The van der Waals surface area contributed by atoms with Gasteiger partial charge in [0.15, 0.2) is 0 Å².